The number of hydrogen-bond acceptors (Lipinski definition) is 8. The molecule has 0 saturated carbocycles. The van der Waals surface area contributed by atoms with E-state index in [-0.39, 0.29) is 12.4 Å². The summed E-state index contributed by atoms with van der Waals surface area (Å²) in [5, 5.41) is 11.9. The summed E-state index contributed by atoms with van der Waals surface area (Å²) in [5.41, 5.74) is 5.10. The van der Waals surface area contributed by atoms with E-state index < -0.39 is 18.2 Å². The molecule has 1 heterocycles. The van der Waals surface area contributed by atoms with Crippen molar-refractivity contribution >= 4 is 0 Å². The van der Waals surface area contributed by atoms with E-state index in [4.69, 9.17) is 33.2 Å². The average Bonchev–Trinajstić information content (AvgIpc) is 3.61. The summed E-state index contributed by atoms with van der Waals surface area (Å²) in [6.45, 7) is 5.43. The smallest absolute Gasteiger partial charge is 0.283 e. The van der Waals surface area contributed by atoms with Crippen LogP contribution in [0.5, 0.6) is 28.7 Å². The van der Waals surface area contributed by atoms with Gasteiger partial charge in [0.25, 0.3) is 5.97 Å². The molecule has 1 saturated heterocycles. The molecule has 3 atom stereocenters. The molecule has 55 heavy (non-hydrogen) atoms. The number of rotatable bonds is 17. The van der Waals surface area contributed by atoms with Crippen LogP contribution >= 0.6 is 0 Å². The van der Waals surface area contributed by atoms with Gasteiger partial charge in [-0.05, 0) is 41.3 Å². The number of ether oxygens (including phenoxy) is 7. The molecule has 0 unspecified atom stereocenters. The SMILES string of the molecule is CCO[C@]1(CC)O[C@H](c2ccc(OCc3ccccc3)cc2OCc2ccccc2)[C@@H](c2c(O)cc(OCc3ccccc3)cc2OCc2ccccc2)O1. The molecule has 0 aliphatic carbocycles. The Morgan fingerprint density at radius 2 is 0.964 bits per heavy atom. The highest BCUT2D eigenvalue weighted by Crippen LogP contribution is 2.55. The van der Waals surface area contributed by atoms with Crippen molar-refractivity contribution in [3.05, 3.63) is 185 Å². The lowest BCUT2D eigenvalue weighted by Crippen LogP contribution is -2.33. The van der Waals surface area contributed by atoms with Crippen LogP contribution in [0.3, 0.4) is 0 Å². The molecule has 1 aliphatic rings. The van der Waals surface area contributed by atoms with Crippen LogP contribution in [0.15, 0.2) is 152 Å². The number of phenols is 1. The van der Waals surface area contributed by atoms with Crippen LogP contribution in [0, 0.1) is 0 Å². The topological polar surface area (TPSA) is 84.8 Å². The molecule has 0 amide bonds. The van der Waals surface area contributed by atoms with Gasteiger partial charge in [-0.15, -0.1) is 0 Å². The maximum atomic E-state index is 11.9. The first kappa shape index (κ1) is 37.5. The Morgan fingerprint density at radius 3 is 1.47 bits per heavy atom. The van der Waals surface area contributed by atoms with E-state index in [1.165, 1.54) is 0 Å². The Morgan fingerprint density at radius 1 is 0.509 bits per heavy atom. The van der Waals surface area contributed by atoms with Crippen molar-refractivity contribution in [3.63, 3.8) is 0 Å². The van der Waals surface area contributed by atoms with Gasteiger partial charge in [0.05, 0.1) is 5.56 Å². The fourth-order valence-electron chi connectivity index (χ4n) is 6.52. The summed E-state index contributed by atoms with van der Waals surface area (Å²) >= 11 is 0. The van der Waals surface area contributed by atoms with E-state index in [1.807, 2.05) is 153 Å². The maximum Gasteiger partial charge on any atom is 0.283 e. The van der Waals surface area contributed by atoms with Gasteiger partial charge >= 0.3 is 0 Å². The van der Waals surface area contributed by atoms with Crippen LogP contribution in [0.2, 0.25) is 0 Å². The first-order chi connectivity index (χ1) is 27.0. The fourth-order valence-corrected chi connectivity index (χ4v) is 6.52. The van der Waals surface area contributed by atoms with Crippen molar-refractivity contribution in [2.45, 2.75) is 64.9 Å². The molecule has 1 N–H and O–H groups in total. The van der Waals surface area contributed by atoms with E-state index in [0.717, 1.165) is 22.3 Å². The minimum atomic E-state index is -1.41. The lowest BCUT2D eigenvalue weighted by atomic mass is 9.95. The third-order valence-electron chi connectivity index (χ3n) is 9.33. The Kier molecular flexibility index (Phi) is 12.3. The quantitative estimate of drug-likeness (QED) is 0.0990. The molecule has 8 heteroatoms. The Bertz CT molecular complexity index is 2090. The lowest BCUT2D eigenvalue weighted by molar-refractivity contribution is -0.342. The van der Waals surface area contributed by atoms with Crippen molar-refractivity contribution in [2.24, 2.45) is 0 Å². The maximum absolute atomic E-state index is 11.9. The summed E-state index contributed by atoms with van der Waals surface area (Å²) in [6, 6.07) is 48.8. The van der Waals surface area contributed by atoms with Gasteiger partial charge in [0.1, 0.15) is 67.4 Å². The summed E-state index contributed by atoms with van der Waals surface area (Å²) in [7, 11) is 0. The standard InChI is InChI=1S/C47H46O8/c1-3-47(53-4-2)54-45(40-26-25-38(49-30-34-17-9-5-10-18-34)28-42(40)51-32-36-21-13-7-14-22-36)46(55-47)44-41(48)27-39(50-31-35-19-11-6-12-20-35)29-43(44)52-33-37-23-15-8-16-24-37/h5-29,45-46,48H,3-4,30-33H2,1-2H3/t45-,46-,47-/m1/s1. The van der Waals surface area contributed by atoms with Crippen LogP contribution in [0.1, 0.15) is 65.9 Å². The summed E-state index contributed by atoms with van der Waals surface area (Å²) in [6.07, 6.45) is -1.29. The minimum absolute atomic E-state index is 0.0646. The van der Waals surface area contributed by atoms with E-state index in [1.54, 1.807) is 12.1 Å². The molecule has 7 rings (SSSR count). The van der Waals surface area contributed by atoms with Crippen molar-refractivity contribution < 1.29 is 38.3 Å². The molecule has 8 nitrogen and oxygen atoms in total. The fraction of sp³-hybridized carbons (Fsp3) is 0.234. The predicted octanol–water partition coefficient (Wildman–Crippen LogP) is 10.6. The van der Waals surface area contributed by atoms with Gasteiger partial charge in [-0.2, -0.15) is 0 Å². The summed E-state index contributed by atoms with van der Waals surface area (Å²) < 4.78 is 45.3. The van der Waals surface area contributed by atoms with Gasteiger partial charge in [0.15, 0.2) is 0 Å². The molecule has 1 fully saturated rings. The van der Waals surface area contributed by atoms with E-state index in [9.17, 15) is 5.11 Å². The van der Waals surface area contributed by atoms with Crippen LogP contribution in [0.4, 0.5) is 0 Å². The molecule has 0 radical (unpaired) electrons. The number of benzene rings is 6. The van der Waals surface area contributed by atoms with E-state index in [0.29, 0.717) is 67.0 Å². The van der Waals surface area contributed by atoms with Crippen LogP contribution in [0.25, 0.3) is 0 Å². The van der Waals surface area contributed by atoms with Crippen LogP contribution in [-0.2, 0) is 40.6 Å². The van der Waals surface area contributed by atoms with Gasteiger partial charge in [-0.25, -0.2) is 0 Å². The highest BCUT2D eigenvalue weighted by atomic mass is 16.9. The molecular weight excluding hydrogens is 693 g/mol. The lowest BCUT2D eigenvalue weighted by Gasteiger charge is -2.26. The molecule has 1 aliphatic heterocycles. The van der Waals surface area contributed by atoms with Gasteiger partial charge in [0, 0.05) is 36.8 Å². The molecular formula is C47H46O8. The van der Waals surface area contributed by atoms with Crippen LogP contribution in [-0.4, -0.2) is 17.7 Å². The number of hydrogen-bond donors (Lipinski definition) is 1. The Hall–Kier alpha value is -5.80. The molecule has 0 aromatic heterocycles. The second-order valence-corrected chi connectivity index (χ2v) is 13.2. The van der Waals surface area contributed by atoms with Crippen molar-refractivity contribution in [1.82, 2.24) is 0 Å². The van der Waals surface area contributed by atoms with Gasteiger partial charge in [0.2, 0.25) is 0 Å². The van der Waals surface area contributed by atoms with Crippen molar-refractivity contribution in [3.8, 4) is 28.7 Å². The monoisotopic (exact) mass is 738 g/mol. The third-order valence-corrected chi connectivity index (χ3v) is 9.33. The minimum Gasteiger partial charge on any atom is -0.507 e. The zero-order valence-electron chi connectivity index (χ0n) is 31.1. The second kappa shape index (κ2) is 18.0. The molecule has 282 valence electrons. The second-order valence-electron chi connectivity index (χ2n) is 13.2. The normalized spacial score (nSPS) is 17.8. The zero-order chi connectivity index (χ0) is 37.9. The summed E-state index contributed by atoms with van der Waals surface area (Å²) in [5.74, 6) is 0.544. The summed E-state index contributed by atoms with van der Waals surface area (Å²) in [4.78, 5) is 0. The molecule has 6 aromatic rings. The largest absolute Gasteiger partial charge is 0.507 e. The van der Waals surface area contributed by atoms with Gasteiger partial charge in [-0.3, -0.25) is 0 Å². The van der Waals surface area contributed by atoms with Gasteiger partial charge in [-0.1, -0.05) is 128 Å². The van der Waals surface area contributed by atoms with Crippen molar-refractivity contribution in [2.75, 3.05) is 6.61 Å². The number of phenolic OH excluding ortho intramolecular Hbond substituents is 1. The highest BCUT2D eigenvalue weighted by molar-refractivity contribution is 5.53. The first-order valence-corrected chi connectivity index (χ1v) is 18.7. The Labute approximate surface area is 322 Å². The highest BCUT2D eigenvalue weighted by Gasteiger charge is 2.51. The molecule has 0 bridgehead atoms. The molecule has 0 spiro atoms. The third kappa shape index (κ3) is 9.48. The zero-order valence-corrected chi connectivity index (χ0v) is 31.1. The van der Waals surface area contributed by atoms with E-state index >= 15 is 0 Å². The van der Waals surface area contributed by atoms with Crippen LogP contribution < -0.4 is 18.9 Å². The van der Waals surface area contributed by atoms with Gasteiger partial charge < -0.3 is 38.3 Å². The first-order valence-electron chi connectivity index (χ1n) is 18.7. The van der Waals surface area contributed by atoms with E-state index in [2.05, 4.69) is 0 Å². The Balaban J connectivity index is 1.28. The average molecular weight is 739 g/mol. The predicted molar refractivity (Wildman–Crippen MR) is 210 cm³/mol. The molecule has 6 aromatic carbocycles. The van der Waals surface area contributed by atoms with Crippen molar-refractivity contribution in [1.29, 1.82) is 0 Å². The number of aromatic hydroxyl groups is 1.